The van der Waals surface area contributed by atoms with Crippen molar-refractivity contribution in [1.29, 1.82) is 0 Å². The first kappa shape index (κ1) is 22.5. The summed E-state index contributed by atoms with van der Waals surface area (Å²) >= 11 is 1.79. The van der Waals surface area contributed by atoms with Crippen LogP contribution in [-0.2, 0) is 4.79 Å². The molecule has 3 rings (SSSR count). The molecular formula is C20H29N3O3S3. The van der Waals surface area contributed by atoms with E-state index in [1.165, 1.54) is 40.6 Å². The smallest absolute Gasteiger partial charge is 0.308 e. The number of hydrogen-bond acceptors (Lipinski definition) is 7. The van der Waals surface area contributed by atoms with Crippen molar-refractivity contribution in [2.24, 2.45) is 5.41 Å². The average Bonchev–Trinajstić information content (AvgIpc) is 3.04. The molecule has 1 saturated heterocycles. The minimum absolute atomic E-state index is 0.0383. The molecule has 1 unspecified atom stereocenters. The van der Waals surface area contributed by atoms with Crippen molar-refractivity contribution in [2.45, 2.75) is 56.7 Å². The van der Waals surface area contributed by atoms with Crippen LogP contribution in [0.1, 0.15) is 46.5 Å². The second-order valence-electron chi connectivity index (χ2n) is 8.35. The van der Waals surface area contributed by atoms with Gasteiger partial charge in [0.2, 0.25) is 0 Å². The van der Waals surface area contributed by atoms with Gasteiger partial charge in [0.05, 0.1) is 12.1 Å². The largest absolute Gasteiger partial charge is 0.481 e. The SMILES string of the molecule is CC(C)(C)C1Sc2cc(N3CCCCC3)ccc2N1NC(=O)SSCCC(=O)O. The zero-order valence-electron chi connectivity index (χ0n) is 17.1. The maximum atomic E-state index is 12.5. The van der Waals surface area contributed by atoms with E-state index in [0.29, 0.717) is 5.75 Å². The number of carboxylic acid groups (broad SMARTS) is 1. The highest BCUT2D eigenvalue weighted by molar-refractivity contribution is 8.82. The summed E-state index contributed by atoms with van der Waals surface area (Å²) in [7, 11) is 2.33. The summed E-state index contributed by atoms with van der Waals surface area (Å²) < 4.78 is 0. The maximum Gasteiger partial charge on any atom is 0.308 e. The van der Waals surface area contributed by atoms with Crippen molar-refractivity contribution in [2.75, 3.05) is 28.8 Å². The fourth-order valence-electron chi connectivity index (χ4n) is 3.47. The van der Waals surface area contributed by atoms with E-state index in [9.17, 15) is 9.59 Å². The van der Waals surface area contributed by atoms with Crippen LogP contribution in [0.5, 0.6) is 0 Å². The number of piperidine rings is 1. The number of aliphatic carboxylic acids is 1. The lowest BCUT2D eigenvalue weighted by Gasteiger charge is -2.35. The number of carboxylic acids is 1. The zero-order valence-corrected chi connectivity index (χ0v) is 19.6. The number of hydrazine groups is 1. The van der Waals surface area contributed by atoms with Crippen LogP contribution in [0.3, 0.4) is 0 Å². The molecule has 1 fully saturated rings. The quantitative estimate of drug-likeness (QED) is 0.434. The molecule has 0 bridgehead atoms. The van der Waals surface area contributed by atoms with E-state index in [4.69, 9.17) is 5.11 Å². The number of hydrogen-bond donors (Lipinski definition) is 2. The highest BCUT2D eigenvalue weighted by Gasteiger charge is 2.39. The van der Waals surface area contributed by atoms with Crippen molar-refractivity contribution in [3.05, 3.63) is 18.2 Å². The molecule has 0 spiro atoms. The van der Waals surface area contributed by atoms with Crippen LogP contribution >= 0.6 is 33.3 Å². The van der Waals surface area contributed by atoms with Gasteiger partial charge >= 0.3 is 11.2 Å². The van der Waals surface area contributed by atoms with E-state index in [1.54, 1.807) is 11.8 Å². The van der Waals surface area contributed by atoms with Gasteiger partial charge in [-0.05, 0) is 42.9 Å². The number of amides is 1. The maximum absolute atomic E-state index is 12.5. The van der Waals surface area contributed by atoms with Crippen molar-refractivity contribution < 1.29 is 14.7 Å². The Hall–Kier alpha value is -1.19. The summed E-state index contributed by atoms with van der Waals surface area (Å²) in [6.45, 7) is 8.75. The van der Waals surface area contributed by atoms with Gasteiger partial charge in [0, 0.05) is 40.2 Å². The summed E-state index contributed by atoms with van der Waals surface area (Å²) in [5.41, 5.74) is 5.28. The number of thioether (sulfide) groups is 1. The Morgan fingerprint density at radius 1 is 1.24 bits per heavy atom. The third kappa shape index (κ3) is 5.92. The average molecular weight is 456 g/mol. The molecule has 2 aliphatic rings. The second kappa shape index (κ2) is 9.75. The van der Waals surface area contributed by atoms with Gasteiger partial charge < -0.3 is 10.0 Å². The molecule has 6 nitrogen and oxygen atoms in total. The minimum atomic E-state index is -0.847. The normalized spacial score (nSPS) is 19.2. The highest BCUT2D eigenvalue weighted by Crippen LogP contribution is 2.50. The molecular weight excluding hydrogens is 426 g/mol. The van der Waals surface area contributed by atoms with Crippen molar-refractivity contribution >= 4 is 55.9 Å². The van der Waals surface area contributed by atoms with Crippen LogP contribution in [0, 0.1) is 5.41 Å². The molecule has 160 valence electrons. The van der Waals surface area contributed by atoms with Gasteiger partial charge in [-0.15, -0.1) is 0 Å². The minimum Gasteiger partial charge on any atom is -0.481 e. The molecule has 0 aromatic heterocycles. The lowest BCUT2D eigenvalue weighted by atomic mass is 9.96. The summed E-state index contributed by atoms with van der Waals surface area (Å²) in [4.78, 5) is 26.7. The van der Waals surface area contributed by atoms with E-state index in [2.05, 4.69) is 49.3 Å². The molecule has 1 aromatic carbocycles. The van der Waals surface area contributed by atoms with E-state index in [-0.39, 0.29) is 22.4 Å². The van der Waals surface area contributed by atoms with Crippen molar-refractivity contribution in [3.63, 3.8) is 0 Å². The van der Waals surface area contributed by atoms with Gasteiger partial charge in [0.15, 0.2) is 0 Å². The van der Waals surface area contributed by atoms with Crippen LogP contribution in [0.2, 0.25) is 0 Å². The molecule has 0 saturated carbocycles. The number of fused-ring (bicyclic) bond motifs is 1. The van der Waals surface area contributed by atoms with E-state index in [0.717, 1.165) is 29.6 Å². The molecule has 1 atom stereocenters. The third-order valence-corrected chi connectivity index (χ3v) is 8.64. The first-order valence-corrected chi connectivity index (χ1v) is 13.1. The van der Waals surface area contributed by atoms with Crippen LogP contribution in [0.15, 0.2) is 23.1 Å². The van der Waals surface area contributed by atoms with Crippen LogP contribution in [0.4, 0.5) is 16.2 Å². The molecule has 1 amide bonds. The predicted molar refractivity (Wildman–Crippen MR) is 125 cm³/mol. The number of rotatable bonds is 6. The Bertz CT molecular complexity index is 748. The van der Waals surface area contributed by atoms with Gasteiger partial charge in [0.25, 0.3) is 0 Å². The number of carbonyl (C=O) groups is 2. The Morgan fingerprint density at radius 2 is 1.97 bits per heavy atom. The van der Waals surface area contributed by atoms with Gasteiger partial charge in [-0.25, -0.2) is 0 Å². The topological polar surface area (TPSA) is 72.9 Å². The summed E-state index contributed by atoms with van der Waals surface area (Å²) in [5, 5.41) is 10.6. The predicted octanol–water partition coefficient (Wildman–Crippen LogP) is 5.44. The number of carbonyl (C=O) groups excluding carboxylic acids is 1. The molecule has 2 aliphatic heterocycles. The van der Waals surface area contributed by atoms with Crippen molar-refractivity contribution in [1.82, 2.24) is 5.43 Å². The zero-order chi connectivity index (χ0) is 21.0. The highest BCUT2D eigenvalue weighted by atomic mass is 33.1. The summed E-state index contributed by atoms with van der Waals surface area (Å²) in [6.07, 6.45) is 3.85. The molecule has 0 radical (unpaired) electrons. The Morgan fingerprint density at radius 3 is 2.62 bits per heavy atom. The fraction of sp³-hybridized carbons (Fsp3) is 0.600. The number of nitrogens with zero attached hydrogens (tertiary/aromatic N) is 2. The standard InChI is InChI=1S/C20H29N3O3S3/c1-20(2,3)18-23(21-19(26)29-27-12-9-17(24)25)15-8-7-14(13-16(15)28-18)22-10-5-4-6-11-22/h7-8,13,18H,4-6,9-12H2,1-3H3,(H,21,26)(H,24,25). The fourth-order valence-corrected chi connectivity index (χ4v) is 6.33. The molecule has 2 heterocycles. The third-order valence-electron chi connectivity index (χ3n) is 4.88. The number of anilines is 2. The van der Waals surface area contributed by atoms with Gasteiger partial charge in [-0.3, -0.25) is 20.0 Å². The monoisotopic (exact) mass is 455 g/mol. The lowest BCUT2D eigenvalue weighted by Crippen LogP contribution is -2.49. The van der Waals surface area contributed by atoms with Gasteiger partial charge in [-0.1, -0.05) is 43.3 Å². The first-order chi connectivity index (χ1) is 13.8. The lowest BCUT2D eigenvalue weighted by molar-refractivity contribution is -0.136. The molecule has 9 heteroatoms. The molecule has 2 N–H and O–H groups in total. The van der Waals surface area contributed by atoms with E-state index >= 15 is 0 Å². The first-order valence-electron chi connectivity index (χ1n) is 9.92. The Labute approximate surface area is 184 Å². The van der Waals surface area contributed by atoms with E-state index in [1.807, 2.05) is 5.01 Å². The summed E-state index contributed by atoms with van der Waals surface area (Å²) in [6, 6.07) is 6.52. The van der Waals surface area contributed by atoms with Crippen LogP contribution in [0.25, 0.3) is 0 Å². The Kier molecular flexibility index (Phi) is 7.56. The van der Waals surface area contributed by atoms with Gasteiger partial charge in [0.1, 0.15) is 5.37 Å². The number of benzene rings is 1. The summed E-state index contributed by atoms with van der Waals surface area (Å²) in [5.74, 6) is -0.443. The van der Waals surface area contributed by atoms with Gasteiger partial charge in [-0.2, -0.15) is 0 Å². The number of nitrogens with one attached hydrogen (secondary N) is 1. The Balaban J connectivity index is 1.71. The molecule has 1 aromatic rings. The van der Waals surface area contributed by atoms with E-state index < -0.39 is 5.97 Å². The van der Waals surface area contributed by atoms with Crippen LogP contribution in [-0.4, -0.2) is 40.5 Å². The van der Waals surface area contributed by atoms with Crippen molar-refractivity contribution in [3.8, 4) is 0 Å². The van der Waals surface area contributed by atoms with Crippen LogP contribution < -0.4 is 15.3 Å². The second-order valence-corrected chi connectivity index (χ2v) is 11.9. The molecule has 0 aliphatic carbocycles. The molecule has 29 heavy (non-hydrogen) atoms.